The first-order chi connectivity index (χ1) is 8.58. The maximum Gasteiger partial charge on any atom is 0.128 e. The average Bonchev–Trinajstić information content (AvgIpc) is 2.33. The number of anilines is 1. The van der Waals surface area contributed by atoms with E-state index in [0.717, 1.165) is 4.90 Å². The van der Waals surface area contributed by atoms with Crippen LogP contribution >= 0.6 is 35.0 Å². The lowest BCUT2D eigenvalue weighted by Gasteiger charge is -2.07. The van der Waals surface area contributed by atoms with Gasteiger partial charge < -0.3 is 5.73 Å². The normalized spacial score (nSPS) is 10.6. The van der Waals surface area contributed by atoms with E-state index >= 15 is 0 Å². The van der Waals surface area contributed by atoms with Gasteiger partial charge in [0.15, 0.2) is 0 Å². The molecule has 0 aliphatic rings. The molecular formula is C13H10Cl2FNS. The van der Waals surface area contributed by atoms with Crippen LogP contribution in [0.3, 0.4) is 0 Å². The van der Waals surface area contributed by atoms with Gasteiger partial charge in [0.1, 0.15) is 5.82 Å². The number of hydrogen-bond donors (Lipinski definition) is 1. The molecule has 5 heteroatoms. The molecule has 0 atom stereocenters. The molecule has 0 aromatic heterocycles. The Labute approximate surface area is 119 Å². The summed E-state index contributed by atoms with van der Waals surface area (Å²) in [5, 5.41) is 1.02. The van der Waals surface area contributed by atoms with Gasteiger partial charge in [0.25, 0.3) is 0 Å². The van der Waals surface area contributed by atoms with Gasteiger partial charge in [0.05, 0.1) is 5.02 Å². The van der Waals surface area contributed by atoms with Crippen LogP contribution in [0.5, 0.6) is 0 Å². The second kappa shape index (κ2) is 5.83. The summed E-state index contributed by atoms with van der Waals surface area (Å²) in [6.07, 6.45) is 0. The third-order valence-corrected chi connectivity index (χ3v) is 4.27. The zero-order valence-electron chi connectivity index (χ0n) is 9.29. The van der Waals surface area contributed by atoms with Gasteiger partial charge in [-0.25, -0.2) is 4.39 Å². The number of hydrogen-bond acceptors (Lipinski definition) is 2. The molecule has 2 rings (SSSR count). The molecule has 94 valence electrons. The van der Waals surface area contributed by atoms with Crippen molar-refractivity contribution in [1.82, 2.24) is 0 Å². The van der Waals surface area contributed by atoms with Crippen molar-refractivity contribution >= 4 is 40.7 Å². The second-order valence-corrected chi connectivity index (χ2v) is 5.51. The molecule has 0 aliphatic carbocycles. The lowest BCUT2D eigenvalue weighted by molar-refractivity contribution is 0.617. The van der Waals surface area contributed by atoms with Gasteiger partial charge in [-0.3, -0.25) is 0 Å². The molecule has 2 N–H and O–H groups in total. The van der Waals surface area contributed by atoms with E-state index in [-0.39, 0.29) is 5.82 Å². The van der Waals surface area contributed by atoms with Crippen LogP contribution in [0.15, 0.2) is 41.3 Å². The SMILES string of the molecule is Nc1ccc(Cl)c(SCc2c(F)cccc2Cl)c1. The molecule has 0 saturated heterocycles. The lowest BCUT2D eigenvalue weighted by atomic mass is 10.2. The Bertz CT molecular complexity index is 555. The average molecular weight is 302 g/mol. The predicted octanol–water partition coefficient (Wildman–Crippen LogP) is 5.01. The van der Waals surface area contributed by atoms with Gasteiger partial charge in [-0.1, -0.05) is 29.3 Å². The highest BCUT2D eigenvalue weighted by Gasteiger charge is 2.09. The highest BCUT2D eigenvalue weighted by molar-refractivity contribution is 7.98. The van der Waals surface area contributed by atoms with E-state index in [9.17, 15) is 4.39 Å². The van der Waals surface area contributed by atoms with Crippen molar-refractivity contribution in [2.24, 2.45) is 0 Å². The fourth-order valence-electron chi connectivity index (χ4n) is 1.45. The summed E-state index contributed by atoms with van der Waals surface area (Å²) in [6.45, 7) is 0. The minimum atomic E-state index is -0.310. The van der Waals surface area contributed by atoms with Gasteiger partial charge in [0, 0.05) is 26.9 Å². The molecule has 2 aromatic carbocycles. The molecule has 0 saturated carbocycles. The van der Waals surface area contributed by atoms with Crippen molar-refractivity contribution < 1.29 is 4.39 Å². The first-order valence-corrected chi connectivity index (χ1v) is 6.93. The maximum atomic E-state index is 13.6. The second-order valence-electron chi connectivity index (χ2n) is 3.68. The van der Waals surface area contributed by atoms with Crippen molar-refractivity contribution in [1.29, 1.82) is 0 Å². The fraction of sp³-hybridized carbons (Fsp3) is 0.0769. The zero-order chi connectivity index (χ0) is 13.1. The summed E-state index contributed by atoms with van der Waals surface area (Å²) in [7, 11) is 0. The van der Waals surface area contributed by atoms with Crippen molar-refractivity contribution in [3.05, 3.63) is 57.8 Å². The first kappa shape index (κ1) is 13.5. The Kier molecular flexibility index (Phi) is 4.38. The summed E-state index contributed by atoms with van der Waals surface area (Å²) in [5.41, 5.74) is 6.79. The van der Waals surface area contributed by atoms with E-state index in [1.165, 1.54) is 17.8 Å². The Morgan fingerprint density at radius 2 is 1.89 bits per heavy atom. The van der Waals surface area contributed by atoms with Crippen molar-refractivity contribution in [3.63, 3.8) is 0 Å². The van der Waals surface area contributed by atoms with Crippen molar-refractivity contribution in [2.45, 2.75) is 10.6 Å². The molecule has 0 bridgehead atoms. The van der Waals surface area contributed by atoms with Crippen LogP contribution < -0.4 is 5.73 Å². The fourth-order valence-corrected chi connectivity index (χ4v) is 3.06. The summed E-state index contributed by atoms with van der Waals surface area (Å²) < 4.78 is 13.6. The predicted molar refractivity (Wildman–Crippen MR) is 76.8 cm³/mol. The molecule has 0 heterocycles. The Morgan fingerprint density at radius 3 is 2.61 bits per heavy atom. The summed E-state index contributed by atoms with van der Waals surface area (Å²) in [4.78, 5) is 0.816. The standard InChI is InChI=1S/C13H10Cl2FNS/c14-10-2-1-3-12(16)9(10)7-18-13-6-8(17)4-5-11(13)15/h1-6H,7,17H2. The Morgan fingerprint density at radius 1 is 1.11 bits per heavy atom. The van der Waals surface area contributed by atoms with Crippen LogP contribution in [-0.2, 0) is 5.75 Å². The molecule has 1 nitrogen and oxygen atoms in total. The molecule has 0 aliphatic heterocycles. The Balaban J connectivity index is 2.19. The van der Waals surface area contributed by atoms with Gasteiger partial charge >= 0.3 is 0 Å². The summed E-state index contributed by atoms with van der Waals surface area (Å²) in [5.74, 6) is 0.101. The largest absolute Gasteiger partial charge is 0.399 e. The van der Waals surface area contributed by atoms with E-state index in [2.05, 4.69) is 0 Å². The molecule has 0 radical (unpaired) electrons. The van der Waals surface area contributed by atoms with E-state index in [0.29, 0.717) is 27.0 Å². The first-order valence-electron chi connectivity index (χ1n) is 5.18. The molecule has 0 spiro atoms. The number of thioether (sulfide) groups is 1. The molecule has 0 fully saturated rings. The minimum Gasteiger partial charge on any atom is -0.399 e. The summed E-state index contributed by atoms with van der Waals surface area (Å²) in [6, 6.07) is 9.86. The van der Waals surface area contributed by atoms with Crippen molar-refractivity contribution in [3.8, 4) is 0 Å². The van der Waals surface area contributed by atoms with Crippen LogP contribution in [-0.4, -0.2) is 0 Å². The number of rotatable bonds is 3. The molecule has 0 amide bonds. The van der Waals surface area contributed by atoms with Crippen molar-refractivity contribution in [2.75, 3.05) is 5.73 Å². The molecule has 2 aromatic rings. The monoisotopic (exact) mass is 301 g/mol. The smallest absolute Gasteiger partial charge is 0.128 e. The quantitative estimate of drug-likeness (QED) is 0.637. The third-order valence-electron chi connectivity index (χ3n) is 2.39. The van der Waals surface area contributed by atoms with E-state index in [1.807, 2.05) is 0 Å². The third kappa shape index (κ3) is 3.10. The van der Waals surface area contributed by atoms with E-state index < -0.39 is 0 Å². The molecule has 0 unspecified atom stereocenters. The maximum absolute atomic E-state index is 13.6. The van der Waals surface area contributed by atoms with Gasteiger partial charge in [0.2, 0.25) is 0 Å². The number of nitrogens with two attached hydrogens (primary N) is 1. The number of benzene rings is 2. The van der Waals surface area contributed by atoms with E-state index in [1.54, 1.807) is 30.3 Å². The summed E-state index contributed by atoms with van der Waals surface area (Å²) >= 11 is 13.4. The molecule has 18 heavy (non-hydrogen) atoms. The van der Waals surface area contributed by atoms with Crippen LogP contribution in [0.4, 0.5) is 10.1 Å². The van der Waals surface area contributed by atoms with Gasteiger partial charge in [-0.2, -0.15) is 0 Å². The van der Waals surface area contributed by atoms with Crippen LogP contribution in [0.25, 0.3) is 0 Å². The van der Waals surface area contributed by atoms with Crippen LogP contribution in [0.2, 0.25) is 10.0 Å². The highest BCUT2D eigenvalue weighted by atomic mass is 35.5. The Hall–Kier alpha value is -0.900. The number of nitrogen functional groups attached to an aromatic ring is 1. The zero-order valence-corrected chi connectivity index (χ0v) is 11.6. The topological polar surface area (TPSA) is 26.0 Å². The van der Waals surface area contributed by atoms with E-state index in [4.69, 9.17) is 28.9 Å². The highest BCUT2D eigenvalue weighted by Crippen LogP contribution is 2.33. The minimum absolute atomic E-state index is 0.310. The molecular weight excluding hydrogens is 292 g/mol. The van der Waals surface area contributed by atoms with Gasteiger partial charge in [-0.05, 0) is 30.3 Å². The van der Waals surface area contributed by atoms with Crippen LogP contribution in [0.1, 0.15) is 5.56 Å². The van der Waals surface area contributed by atoms with Crippen LogP contribution in [0, 0.1) is 5.82 Å². The van der Waals surface area contributed by atoms with Gasteiger partial charge in [-0.15, -0.1) is 11.8 Å². The number of halogens is 3. The lowest BCUT2D eigenvalue weighted by Crippen LogP contribution is -1.90.